The maximum absolute atomic E-state index is 5.56. The zero-order valence-electron chi connectivity index (χ0n) is 5.22. The summed E-state index contributed by atoms with van der Waals surface area (Å²) in [6.07, 6.45) is 2.47. The van der Waals surface area contributed by atoms with Gasteiger partial charge < -0.3 is 5.73 Å². The van der Waals surface area contributed by atoms with Gasteiger partial charge >= 0.3 is 0 Å². The molecular weight excluding hydrogens is 110 g/mol. The van der Waals surface area contributed by atoms with E-state index in [0.29, 0.717) is 0 Å². The molecule has 46 valence electrons. The molecule has 1 heteroatoms. The number of aryl methyl sites for hydroxylation is 2. The SMILES string of the molecule is Nc1ccc2c(c1)CC2. The van der Waals surface area contributed by atoms with Gasteiger partial charge in [-0.1, -0.05) is 6.07 Å². The fourth-order valence-electron chi connectivity index (χ4n) is 1.22. The van der Waals surface area contributed by atoms with E-state index < -0.39 is 0 Å². The molecule has 1 aliphatic carbocycles. The average molecular weight is 119 g/mol. The van der Waals surface area contributed by atoms with E-state index in [9.17, 15) is 0 Å². The molecule has 0 spiro atoms. The molecule has 0 saturated heterocycles. The molecule has 0 fully saturated rings. The first kappa shape index (κ1) is 4.86. The second-order valence-electron chi connectivity index (χ2n) is 2.53. The van der Waals surface area contributed by atoms with Crippen LogP contribution in [0.5, 0.6) is 0 Å². The number of benzene rings is 1. The van der Waals surface area contributed by atoms with Crippen molar-refractivity contribution in [2.75, 3.05) is 5.73 Å². The van der Waals surface area contributed by atoms with Gasteiger partial charge in [-0.15, -0.1) is 0 Å². The molecule has 2 N–H and O–H groups in total. The number of fused-ring (bicyclic) bond motifs is 1. The first-order valence-corrected chi connectivity index (χ1v) is 3.23. The van der Waals surface area contributed by atoms with Crippen LogP contribution in [0.15, 0.2) is 18.2 Å². The molecule has 0 heterocycles. The molecular formula is C8H9N. The normalized spacial score (nSPS) is 14.2. The smallest absolute Gasteiger partial charge is 0.0316 e. The van der Waals surface area contributed by atoms with Crippen LogP contribution in [0.4, 0.5) is 5.69 Å². The van der Waals surface area contributed by atoms with E-state index in [1.54, 1.807) is 0 Å². The molecule has 0 bridgehead atoms. The van der Waals surface area contributed by atoms with Crippen LogP contribution in [0.3, 0.4) is 0 Å². The Morgan fingerprint density at radius 2 is 1.89 bits per heavy atom. The lowest BCUT2D eigenvalue weighted by Gasteiger charge is -2.17. The summed E-state index contributed by atoms with van der Waals surface area (Å²) >= 11 is 0. The Morgan fingerprint density at radius 1 is 1.11 bits per heavy atom. The maximum atomic E-state index is 5.56. The molecule has 1 aliphatic rings. The number of anilines is 1. The maximum Gasteiger partial charge on any atom is 0.0316 e. The number of rotatable bonds is 0. The van der Waals surface area contributed by atoms with Crippen molar-refractivity contribution < 1.29 is 0 Å². The molecule has 0 aromatic heterocycles. The highest BCUT2D eigenvalue weighted by Crippen LogP contribution is 2.24. The van der Waals surface area contributed by atoms with Crippen molar-refractivity contribution in [3.63, 3.8) is 0 Å². The Kier molecular flexibility index (Phi) is 0.810. The minimum absolute atomic E-state index is 0.897. The molecule has 0 atom stereocenters. The second kappa shape index (κ2) is 1.50. The van der Waals surface area contributed by atoms with Gasteiger partial charge in [0.2, 0.25) is 0 Å². The van der Waals surface area contributed by atoms with Crippen LogP contribution in [0, 0.1) is 0 Å². The highest BCUT2D eigenvalue weighted by Gasteiger charge is 2.11. The van der Waals surface area contributed by atoms with Gasteiger partial charge in [-0.05, 0) is 36.1 Å². The van der Waals surface area contributed by atoms with Gasteiger partial charge in [0.25, 0.3) is 0 Å². The molecule has 0 radical (unpaired) electrons. The Balaban J connectivity index is 2.57. The standard InChI is InChI=1S/C8H9N/c9-8-4-3-6-1-2-7(6)5-8/h3-5H,1-2,9H2. The molecule has 9 heavy (non-hydrogen) atoms. The first-order valence-electron chi connectivity index (χ1n) is 3.23. The molecule has 0 aliphatic heterocycles. The van der Waals surface area contributed by atoms with Crippen molar-refractivity contribution in [3.8, 4) is 0 Å². The van der Waals surface area contributed by atoms with Crippen LogP contribution in [-0.2, 0) is 12.8 Å². The summed E-state index contributed by atoms with van der Waals surface area (Å²) in [6, 6.07) is 6.16. The van der Waals surface area contributed by atoms with E-state index in [1.807, 2.05) is 6.07 Å². The minimum Gasteiger partial charge on any atom is -0.399 e. The first-order chi connectivity index (χ1) is 4.36. The topological polar surface area (TPSA) is 26.0 Å². The van der Waals surface area contributed by atoms with Crippen LogP contribution in [-0.4, -0.2) is 0 Å². The van der Waals surface area contributed by atoms with Gasteiger partial charge in [0, 0.05) is 5.69 Å². The van der Waals surface area contributed by atoms with E-state index in [2.05, 4.69) is 12.1 Å². The van der Waals surface area contributed by atoms with E-state index in [0.717, 1.165) is 5.69 Å². The van der Waals surface area contributed by atoms with Crippen LogP contribution in [0.2, 0.25) is 0 Å². The number of hydrogen-bond acceptors (Lipinski definition) is 1. The Bertz CT molecular complexity index is 240. The van der Waals surface area contributed by atoms with Gasteiger partial charge in [0.1, 0.15) is 0 Å². The molecule has 1 nitrogen and oxygen atoms in total. The highest BCUT2D eigenvalue weighted by molar-refractivity contribution is 5.48. The van der Waals surface area contributed by atoms with Crippen LogP contribution < -0.4 is 5.73 Å². The predicted molar refractivity (Wildman–Crippen MR) is 38.3 cm³/mol. The lowest BCUT2D eigenvalue weighted by Crippen LogP contribution is -2.07. The fraction of sp³-hybridized carbons (Fsp3) is 0.250. The predicted octanol–water partition coefficient (Wildman–Crippen LogP) is 1.37. The lowest BCUT2D eigenvalue weighted by atomic mass is 9.88. The Labute approximate surface area is 54.5 Å². The van der Waals surface area contributed by atoms with Gasteiger partial charge in [-0.25, -0.2) is 0 Å². The largest absolute Gasteiger partial charge is 0.399 e. The summed E-state index contributed by atoms with van der Waals surface area (Å²) in [4.78, 5) is 0. The van der Waals surface area contributed by atoms with Crippen LogP contribution in [0.25, 0.3) is 0 Å². The third kappa shape index (κ3) is 0.611. The number of nitrogens with two attached hydrogens (primary N) is 1. The second-order valence-corrected chi connectivity index (χ2v) is 2.53. The zero-order valence-corrected chi connectivity index (χ0v) is 5.22. The van der Waals surface area contributed by atoms with Crippen molar-refractivity contribution in [2.45, 2.75) is 12.8 Å². The van der Waals surface area contributed by atoms with Crippen molar-refractivity contribution in [3.05, 3.63) is 29.3 Å². The molecule has 1 aromatic rings. The molecule has 2 rings (SSSR count). The Morgan fingerprint density at radius 3 is 2.33 bits per heavy atom. The Hall–Kier alpha value is -0.980. The molecule has 0 amide bonds. The van der Waals surface area contributed by atoms with Gasteiger partial charge in [0.05, 0.1) is 0 Å². The summed E-state index contributed by atoms with van der Waals surface area (Å²) in [6.45, 7) is 0. The molecule has 0 saturated carbocycles. The van der Waals surface area contributed by atoms with Crippen molar-refractivity contribution in [2.24, 2.45) is 0 Å². The molecule has 0 unspecified atom stereocenters. The summed E-state index contributed by atoms with van der Waals surface area (Å²) in [5.41, 5.74) is 9.37. The number of hydrogen-bond donors (Lipinski definition) is 1. The van der Waals surface area contributed by atoms with Gasteiger partial charge in [0.15, 0.2) is 0 Å². The van der Waals surface area contributed by atoms with Crippen molar-refractivity contribution >= 4 is 5.69 Å². The summed E-state index contributed by atoms with van der Waals surface area (Å²) in [5, 5.41) is 0. The fourth-order valence-corrected chi connectivity index (χ4v) is 1.22. The van der Waals surface area contributed by atoms with Crippen LogP contribution in [0.1, 0.15) is 11.1 Å². The summed E-state index contributed by atoms with van der Waals surface area (Å²) in [5.74, 6) is 0. The highest BCUT2D eigenvalue weighted by atomic mass is 14.5. The van der Waals surface area contributed by atoms with E-state index in [4.69, 9.17) is 5.73 Å². The average Bonchev–Trinajstić information content (AvgIpc) is 1.78. The molecule has 1 aromatic carbocycles. The van der Waals surface area contributed by atoms with E-state index >= 15 is 0 Å². The monoisotopic (exact) mass is 119 g/mol. The van der Waals surface area contributed by atoms with Gasteiger partial charge in [-0.3, -0.25) is 0 Å². The van der Waals surface area contributed by atoms with Crippen LogP contribution >= 0.6 is 0 Å². The van der Waals surface area contributed by atoms with Gasteiger partial charge in [-0.2, -0.15) is 0 Å². The quantitative estimate of drug-likeness (QED) is 0.513. The summed E-state index contributed by atoms with van der Waals surface area (Å²) in [7, 11) is 0. The third-order valence-corrected chi connectivity index (χ3v) is 1.89. The van der Waals surface area contributed by atoms with E-state index in [1.165, 1.54) is 24.0 Å². The summed E-state index contributed by atoms with van der Waals surface area (Å²) < 4.78 is 0. The lowest BCUT2D eigenvalue weighted by molar-refractivity contribution is 0.840. The third-order valence-electron chi connectivity index (χ3n) is 1.89. The van der Waals surface area contributed by atoms with Crippen molar-refractivity contribution in [1.82, 2.24) is 0 Å². The zero-order chi connectivity index (χ0) is 6.27. The number of nitrogen functional groups attached to an aromatic ring is 1. The minimum atomic E-state index is 0.897. The van der Waals surface area contributed by atoms with E-state index in [-0.39, 0.29) is 0 Å². The van der Waals surface area contributed by atoms with Crippen molar-refractivity contribution in [1.29, 1.82) is 0 Å².